The zero-order chi connectivity index (χ0) is 19.2. The van der Waals surface area contributed by atoms with Gasteiger partial charge in [-0.25, -0.2) is 4.79 Å². The minimum absolute atomic E-state index is 0. The molecule has 1 atom stereocenters. The van der Waals surface area contributed by atoms with Crippen molar-refractivity contribution < 1.29 is 19.4 Å². The maximum absolute atomic E-state index is 12.3. The highest BCUT2D eigenvalue weighted by Gasteiger charge is 2.34. The largest absolute Gasteiger partial charge is 0.480 e. The van der Waals surface area contributed by atoms with Crippen LogP contribution < -0.4 is 0 Å². The van der Waals surface area contributed by atoms with Crippen LogP contribution in [0, 0.1) is 0 Å². The molecule has 1 heterocycles. The quantitative estimate of drug-likeness (QED) is 0.792. The number of aliphatic carboxylic acids is 1. The number of carboxylic acids is 1. The number of nitrogens with zero attached hydrogens (tertiary/aromatic N) is 2. The number of halogens is 2. The molecule has 3 rings (SSSR count). The molecule has 0 spiro atoms. The molecule has 1 saturated heterocycles. The van der Waals surface area contributed by atoms with Crippen LogP contribution in [0.5, 0.6) is 0 Å². The van der Waals surface area contributed by atoms with Crippen LogP contribution in [0.4, 0.5) is 4.79 Å². The number of carbonyl (C=O) groups excluding carboxylic acids is 1. The summed E-state index contributed by atoms with van der Waals surface area (Å²) in [6.45, 7) is 1.63. The first-order chi connectivity index (χ1) is 13.0. The summed E-state index contributed by atoms with van der Waals surface area (Å²) >= 11 is 5.90. The molecule has 28 heavy (non-hydrogen) atoms. The predicted molar refractivity (Wildman–Crippen MR) is 109 cm³/mol. The lowest BCUT2D eigenvalue weighted by Crippen LogP contribution is -2.57. The summed E-state index contributed by atoms with van der Waals surface area (Å²) in [6.07, 6.45) is -0.490. The Hall–Kier alpha value is -2.28. The van der Waals surface area contributed by atoms with Gasteiger partial charge >= 0.3 is 12.1 Å². The van der Waals surface area contributed by atoms with Gasteiger partial charge in [-0.2, -0.15) is 0 Å². The average molecular weight is 425 g/mol. The van der Waals surface area contributed by atoms with Crippen molar-refractivity contribution in [2.24, 2.45) is 0 Å². The molecule has 8 heteroatoms. The summed E-state index contributed by atoms with van der Waals surface area (Å²) in [5, 5.41) is 10.2. The first-order valence-electron chi connectivity index (χ1n) is 8.70. The van der Waals surface area contributed by atoms with Gasteiger partial charge in [0.05, 0.1) is 6.54 Å². The van der Waals surface area contributed by atoms with Crippen LogP contribution in [0.25, 0.3) is 0 Å². The lowest BCUT2D eigenvalue weighted by atomic mass is 10.1. The molecule has 0 aromatic heterocycles. The molecule has 0 aliphatic carbocycles. The van der Waals surface area contributed by atoms with E-state index < -0.39 is 18.1 Å². The minimum atomic E-state index is -0.954. The first kappa shape index (κ1) is 22.0. The summed E-state index contributed by atoms with van der Waals surface area (Å²) in [7, 11) is 0. The number of carbonyl (C=O) groups is 2. The maximum atomic E-state index is 12.3. The van der Waals surface area contributed by atoms with Crippen molar-refractivity contribution in [3.8, 4) is 0 Å². The highest BCUT2D eigenvalue weighted by Crippen LogP contribution is 2.17. The van der Waals surface area contributed by atoms with Gasteiger partial charge in [0, 0.05) is 24.7 Å². The molecule has 1 aliphatic rings. The SMILES string of the molecule is Cl.O=C(O)C1CN(C(=O)OCc2ccccc2)CCN1Cc1ccc(Cl)cc1. The van der Waals surface area contributed by atoms with Crippen LogP contribution in [0.3, 0.4) is 0 Å². The average Bonchev–Trinajstić information content (AvgIpc) is 2.69. The lowest BCUT2D eigenvalue weighted by molar-refractivity contribution is -0.145. The third kappa shape index (κ3) is 5.86. The molecular formula is C20H22Cl2N2O4. The second kappa shape index (κ2) is 10.3. The number of rotatable bonds is 5. The molecule has 1 aliphatic heterocycles. The highest BCUT2D eigenvalue weighted by atomic mass is 35.5. The lowest BCUT2D eigenvalue weighted by Gasteiger charge is -2.38. The van der Waals surface area contributed by atoms with Gasteiger partial charge in [0.25, 0.3) is 0 Å². The van der Waals surface area contributed by atoms with E-state index >= 15 is 0 Å². The Labute approximate surface area is 175 Å². The molecule has 150 valence electrons. The van der Waals surface area contributed by atoms with Gasteiger partial charge in [0.2, 0.25) is 0 Å². The molecule has 0 bridgehead atoms. The van der Waals surface area contributed by atoms with Crippen molar-refractivity contribution in [2.45, 2.75) is 19.2 Å². The van der Waals surface area contributed by atoms with Gasteiger partial charge in [-0.3, -0.25) is 9.69 Å². The van der Waals surface area contributed by atoms with Crippen molar-refractivity contribution in [3.63, 3.8) is 0 Å². The fraction of sp³-hybridized carbons (Fsp3) is 0.300. The molecule has 2 aromatic rings. The second-order valence-electron chi connectivity index (χ2n) is 6.44. The van der Waals surface area contributed by atoms with E-state index in [9.17, 15) is 14.7 Å². The number of ether oxygens (including phenoxy) is 1. The van der Waals surface area contributed by atoms with E-state index in [1.165, 1.54) is 4.90 Å². The first-order valence-corrected chi connectivity index (χ1v) is 9.07. The topological polar surface area (TPSA) is 70.1 Å². The third-order valence-corrected chi connectivity index (χ3v) is 4.79. The Bertz CT molecular complexity index is 787. The van der Waals surface area contributed by atoms with E-state index in [-0.39, 0.29) is 25.6 Å². The van der Waals surface area contributed by atoms with Crippen LogP contribution in [0.15, 0.2) is 54.6 Å². The Morgan fingerprint density at radius 1 is 1.04 bits per heavy atom. The monoisotopic (exact) mass is 424 g/mol. The summed E-state index contributed by atoms with van der Waals surface area (Å²) < 4.78 is 5.32. The summed E-state index contributed by atoms with van der Waals surface area (Å²) in [4.78, 5) is 27.3. The van der Waals surface area contributed by atoms with Crippen LogP contribution in [-0.2, 0) is 22.7 Å². The van der Waals surface area contributed by atoms with Crippen molar-refractivity contribution >= 4 is 36.1 Å². The van der Waals surface area contributed by atoms with Gasteiger partial charge in [-0.05, 0) is 23.3 Å². The van der Waals surface area contributed by atoms with Crippen LogP contribution in [-0.4, -0.2) is 52.6 Å². The van der Waals surface area contributed by atoms with E-state index in [0.717, 1.165) is 11.1 Å². The molecule has 1 N–H and O–H groups in total. The van der Waals surface area contributed by atoms with E-state index in [1.807, 2.05) is 47.4 Å². The number of carboxylic acid groups (broad SMARTS) is 1. The number of piperazine rings is 1. The number of amides is 1. The molecule has 2 aromatic carbocycles. The van der Waals surface area contributed by atoms with E-state index in [2.05, 4.69) is 0 Å². The zero-order valence-electron chi connectivity index (χ0n) is 15.2. The van der Waals surface area contributed by atoms with Gasteiger partial charge in [-0.1, -0.05) is 54.1 Å². The van der Waals surface area contributed by atoms with Crippen molar-refractivity contribution in [3.05, 3.63) is 70.7 Å². The fourth-order valence-electron chi connectivity index (χ4n) is 3.04. The fourth-order valence-corrected chi connectivity index (χ4v) is 3.17. The van der Waals surface area contributed by atoms with Crippen molar-refractivity contribution in [2.75, 3.05) is 19.6 Å². The molecule has 1 amide bonds. The van der Waals surface area contributed by atoms with Gasteiger partial charge in [0.15, 0.2) is 0 Å². The van der Waals surface area contributed by atoms with Crippen LogP contribution in [0.2, 0.25) is 5.02 Å². The Kier molecular flexibility index (Phi) is 8.11. The Morgan fingerprint density at radius 3 is 2.36 bits per heavy atom. The van der Waals surface area contributed by atoms with Crippen molar-refractivity contribution in [1.82, 2.24) is 9.80 Å². The standard InChI is InChI=1S/C20H21ClN2O4.ClH/c21-17-8-6-15(7-9-17)12-22-10-11-23(13-18(22)19(24)25)20(26)27-14-16-4-2-1-3-5-16;/h1-9,18H,10-14H2,(H,24,25);1H. The van der Waals surface area contributed by atoms with Gasteiger partial charge in [-0.15, -0.1) is 12.4 Å². The molecule has 1 unspecified atom stereocenters. The molecule has 0 saturated carbocycles. The van der Waals surface area contributed by atoms with E-state index in [4.69, 9.17) is 16.3 Å². The van der Waals surface area contributed by atoms with Crippen LogP contribution in [0.1, 0.15) is 11.1 Å². The van der Waals surface area contributed by atoms with Gasteiger partial charge in [0.1, 0.15) is 12.6 Å². The maximum Gasteiger partial charge on any atom is 0.410 e. The van der Waals surface area contributed by atoms with E-state index in [1.54, 1.807) is 12.1 Å². The second-order valence-corrected chi connectivity index (χ2v) is 6.87. The molecule has 0 radical (unpaired) electrons. The Balaban J connectivity index is 0.00000280. The summed E-state index contributed by atoms with van der Waals surface area (Å²) in [5.74, 6) is -0.954. The number of benzene rings is 2. The summed E-state index contributed by atoms with van der Waals surface area (Å²) in [5.41, 5.74) is 1.87. The highest BCUT2D eigenvalue weighted by molar-refractivity contribution is 6.30. The van der Waals surface area contributed by atoms with Crippen molar-refractivity contribution in [1.29, 1.82) is 0 Å². The van der Waals surface area contributed by atoms with Crippen LogP contribution >= 0.6 is 24.0 Å². The smallest absolute Gasteiger partial charge is 0.410 e. The molecule has 6 nitrogen and oxygen atoms in total. The third-order valence-electron chi connectivity index (χ3n) is 4.54. The predicted octanol–water partition coefficient (Wildman–Crippen LogP) is 3.67. The zero-order valence-corrected chi connectivity index (χ0v) is 16.7. The Morgan fingerprint density at radius 2 is 1.71 bits per heavy atom. The van der Waals surface area contributed by atoms with Gasteiger partial charge < -0.3 is 14.7 Å². The molecule has 1 fully saturated rings. The summed E-state index contributed by atoms with van der Waals surface area (Å²) in [6, 6.07) is 15.9. The number of hydrogen-bond acceptors (Lipinski definition) is 4. The normalized spacial score (nSPS) is 16.9. The van der Waals surface area contributed by atoms with E-state index in [0.29, 0.717) is 24.7 Å². The number of hydrogen-bond donors (Lipinski definition) is 1. The molecular weight excluding hydrogens is 403 g/mol. The minimum Gasteiger partial charge on any atom is -0.480 e.